The minimum absolute atomic E-state index is 0.00822. The van der Waals surface area contributed by atoms with Gasteiger partial charge in [-0.25, -0.2) is 0 Å². The van der Waals surface area contributed by atoms with E-state index in [-0.39, 0.29) is 27.7 Å². The molecule has 1 aliphatic carbocycles. The Bertz CT molecular complexity index is 819. The molecule has 0 spiro atoms. The molecule has 0 saturated heterocycles. The number of nitrogens with zero attached hydrogens (tertiary/aromatic N) is 1. The summed E-state index contributed by atoms with van der Waals surface area (Å²) >= 11 is 11.7. The smallest absolute Gasteiger partial charge is 0.127 e. The summed E-state index contributed by atoms with van der Waals surface area (Å²) in [5.74, 6) is 1.64. The molecule has 4 heteroatoms. The second kappa shape index (κ2) is 7.12. The van der Waals surface area contributed by atoms with Gasteiger partial charge >= 0.3 is 0 Å². The standard InChI is InChI=1S/C21H19Cl2NO/c1-21(2)18(12-19(22)23)20(21)17(13-24)14-7-6-10-16(11-14)25-15-8-4-3-5-9-15/h3-12,17-18,20H,1-2H3/t17?,18-,20+/m1/s1. The molecule has 2 aromatic carbocycles. The molecule has 1 aliphatic rings. The number of allylic oxidation sites excluding steroid dienone is 1. The summed E-state index contributed by atoms with van der Waals surface area (Å²) in [6, 6.07) is 19.8. The van der Waals surface area contributed by atoms with Crippen LogP contribution < -0.4 is 4.74 Å². The van der Waals surface area contributed by atoms with Crippen molar-refractivity contribution >= 4 is 23.2 Å². The molecule has 25 heavy (non-hydrogen) atoms. The Morgan fingerprint density at radius 1 is 1.12 bits per heavy atom. The molecule has 1 saturated carbocycles. The predicted octanol–water partition coefficient (Wildman–Crippen LogP) is 6.68. The van der Waals surface area contributed by atoms with E-state index in [2.05, 4.69) is 19.9 Å². The largest absolute Gasteiger partial charge is 0.457 e. The first-order valence-electron chi connectivity index (χ1n) is 8.19. The van der Waals surface area contributed by atoms with Gasteiger partial charge in [-0.15, -0.1) is 0 Å². The Balaban J connectivity index is 1.84. The lowest BCUT2D eigenvalue weighted by Crippen LogP contribution is -2.03. The van der Waals surface area contributed by atoms with E-state index < -0.39 is 0 Å². The number of hydrogen-bond acceptors (Lipinski definition) is 2. The third-order valence-electron chi connectivity index (χ3n) is 5.00. The molecule has 0 aromatic heterocycles. The predicted molar refractivity (Wildman–Crippen MR) is 102 cm³/mol. The Hall–Kier alpha value is -1.95. The van der Waals surface area contributed by atoms with Crippen LogP contribution in [0.2, 0.25) is 0 Å². The summed E-state index contributed by atoms with van der Waals surface area (Å²) in [5.41, 5.74) is 0.946. The summed E-state index contributed by atoms with van der Waals surface area (Å²) in [6.45, 7) is 4.29. The van der Waals surface area contributed by atoms with E-state index in [9.17, 15) is 5.26 Å². The Morgan fingerprint density at radius 3 is 2.44 bits per heavy atom. The summed E-state index contributed by atoms with van der Waals surface area (Å²) in [4.78, 5) is 0. The van der Waals surface area contributed by atoms with Crippen molar-refractivity contribution in [2.24, 2.45) is 17.3 Å². The Labute approximate surface area is 158 Å². The Kier molecular flexibility index (Phi) is 5.08. The number of nitriles is 1. The summed E-state index contributed by atoms with van der Waals surface area (Å²) in [5, 5.41) is 9.78. The van der Waals surface area contributed by atoms with Crippen LogP contribution in [0, 0.1) is 28.6 Å². The van der Waals surface area contributed by atoms with Crippen LogP contribution in [0.3, 0.4) is 0 Å². The maximum atomic E-state index is 9.78. The van der Waals surface area contributed by atoms with Gasteiger partial charge in [-0.3, -0.25) is 0 Å². The number of halogens is 2. The highest BCUT2D eigenvalue weighted by atomic mass is 35.5. The average Bonchev–Trinajstić information content (AvgIpc) is 3.09. The van der Waals surface area contributed by atoms with Crippen LogP contribution >= 0.6 is 23.2 Å². The van der Waals surface area contributed by atoms with Gasteiger partial charge in [-0.05, 0) is 47.1 Å². The quantitative estimate of drug-likeness (QED) is 0.587. The summed E-state index contributed by atoms with van der Waals surface area (Å²) in [7, 11) is 0. The van der Waals surface area contributed by atoms with Gasteiger partial charge in [0.2, 0.25) is 0 Å². The van der Waals surface area contributed by atoms with Gasteiger partial charge in [0.15, 0.2) is 0 Å². The summed E-state index contributed by atoms with van der Waals surface area (Å²) in [6.07, 6.45) is 1.85. The van der Waals surface area contributed by atoms with Crippen molar-refractivity contribution in [2.45, 2.75) is 19.8 Å². The van der Waals surface area contributed by atoms with Gasteiger partial charge in [-0.2, -0.15) is 5.26 Å². The zero-order valence-electron chi connectivity index (χ0n) is 14.1. The van der Waals surface area contributed by atoms with Gasteiger partial charge in [-0.1, -0.05) is 73.5 Å². The molecule has 0 amide bonds. The maximum Gasteiger partial charge on any atom is 0.127 e. The van der Waals surface area contributed by atoms with Gasteiger partial charge in [0.05, 0.1) is 12.0 Å². The van der Waals surface area contributed by atoms with Crippen LogP contribution in [-0.4, -0.2) is 0 Å². The number of para-hydroxylation sites is 1. The fourth-order valence-electron chi connectivity index (χ4n) is 3.57. The number of ether oxygens (including phenoxy) is 1. The molecule has 0 N–H and O–H groups in total. The fourth-order valence-corrected chi connectivity index (χ4v) is 3.84. The molecule has 2 aromatic rings. The van der Waals surface area contributed by atoms with Crippen LogP contribution in [0.25, 0.3) is 0 Å². The third-order valence-corrected chi connectivity index (χ3v) is 5.25. The van der Waals surface area contributed by atoms with Crippen LogP contribution in [-0.2, 0) is 0 Å². The summed E-state index contributed by atoms with van der Waals surface area (Å²) < 4.78 is 6.16. The lowest BCUT2D eigenvalue weighted by Gasteiger charge is -2.13. The average molecular weight is 372 g/mol. The van der Waals surface area contributed by atoms with Crippen molar-refractivity contribution in [2.75, 3.05) is 0 Å². The molecule has 0 bridgehead atoms. The Morgan fingerprint density at radius 2 is 1.80 bits per heavy atom. The first-order valence-corrected chi connectivity index (χ1v) is 8.94. The number of benzene rings is 2. The highest BCUT2D eigenvalue weighted by Gasteiger charge is 2.60. The lowest BCUT2D eigenvalue weighted by molar-refractivity contribution is 0.479. The van der Waals surface area contributed by atoms with Crippen molar-refractivity contribution in [3.8, 4) is 17.6 Å². The highest BCUT2D eigenvalue weighted by molar-refractivity contribution is 6.55. The van der Waals surface area contributed by atoms with Crippen LogP contribution in [0.5, 0.6) is 11.5 Å². The van der Waals surface area contributed by atoms with Crippen LogP contribution in [0.4, 0.5) is 0 Å². The van der Waals surface area contributed by atoms with Gasteiger partial charge in [0.1, 0.15) is 16.0 Å². The topological polar surface area (TPSA) is 33.0 Å². The molecule has 0 aliphatic heterocycles. The monoisotopic (exact) mass is 371 g/mol. The minimum atomic E-state index is -0.233. The molecule has 1 fully saturated rings. The van der Waals surface area contributed by atoms with Crippen molar-refractivity contribution in [3.05, 3.63) is 70.7 Å². The molecule has 2 nitrogen and oxygen atoms in total. The maximum absolute atomic E-state index is 9.78. The molecule has 128 valence electrons. The van der Waals surface area contributed by atoms with E-state index in [1.165, 1.54) is 0 Å². The SMILES string of the molecule is CC1(C)[C@H](C=C(Cl)Cl)[C@@H]1C(C#N)c1cccc(Oc2ccccc2)c1. The van der Waals surface area contributed by atoms with Crippen molar-refractivity contribution in [1.82, 2.24) is 0 Å². The van der Waals surface area contributed by atoms with Crippen molar-refractivity contribution in [3.63, 3.8) is 0 Å². The van der Waals surface area contributed by atoms with Gasteiger partial charge < -0.3 is 4.74 Å². The molecular weight excluding hydrogens is 353 g/mol. The first-order chi connectivity index (χ1) is 11.9. The van der Waals surface area contributed by atoms with Crippen LogP contribution in [0.15, 0.2) is 65.2 Å². The minimum Gasteiger partial charge on any atom is -0.457 e. The third kappa shape index (κ3) is 3.84. The van der Waals surface area contributed by atoms with Gasteiger partial charge in [0.25, 0.3) is 0 Å². The number of rotatable bonds is 5. The molecular formula is C21H19Cl2NO. The molecule has 0 radical (unpaired) electrons. The van der Waals surface area contributed by atoms with E-state index in [0.717, 1.165) is 17.1 Å². The molecule has 3 rings (SSSR count). The van der Waals surface area contributed by atoms with Crippen molar-refractivity contribution < 1.29 is 4.74 Å². The second-order valence-corrected chi connectivity index (χ2v) is 7.93. The van der Waals surface area contributed by atoms with Crippen LogP contribution in [0.1, 0.15) is 25.3 Å². The van der Waals surface area contributed by atoms with E-state index in [0.29, 0.717) is 0 Å². The van der Waals surface area contributed by atoms with E-state index in [4.69, 9.17) is 27.9 Å². The van der Waals surface area contributed by atoms with Gasteiger partial charge in [0, 0.05) is 0 Å². The zero-order valence-corrected chi connectivity index (χ0v) is 15.6. The highest BCUT2D eigenvalue weighted by Crippen LogP contribution is 2.65. The molecule has 0 heterocycles. The zero-order chi connectivity index (χ0) is 18.0. The lowest BCUT2D eigenvalue weighted by atomic mass is 9.91. The normalized spacial score (nSPS) is 21.7. The fraction of sp³-hybridized carbons (Fsp3) is 0.286. The molecule has 3 atom stereocenters. The van der Waals surface area contributed by atoms with E-state index in [1.54, 1.807) is 0 Å². The first kappa shape index (κ1) is 17.9. The van der Waals surface area contributed by atoms with E-state index in [1.807, 2.05) is 60.7 Å². The molecule has 1 unspecified atom stereocenters. The van der Waals surface area contributed by atoms with Crippen molar-refractivity contribution in [1.29, 1.82) is 5.26 Å². The van der Waals surface area contributed by atoms with E-state index >= 15 is 0 Å². The number of hydrogen-bond donors (Lipinski definition) is 0. The second-order valence-electron chi connectivity index (χ2n) is 6.92.